The summed E-state index contributed by atoms with van der Waals surface area (Å²) in [6.45, 7) is 0. The predicted molar refractivity (Wildman–Crippen MR) is 99.6 cm³/mol. The molecule has 6 nitrogen and oxygen atoms in total. The lowest BCUT2D eigenvalue weighted by molar-refractivity contribution is -0.136. The number of benzene rings is 2. The maximum Gasteiger partial charge on any atom is 0.418 e. The minimum absolute atomic E-state index is 0.0919. The monoisotopic (exact) mass is 390 g/mol. The van der Waals surface area contributed by atoms with Gasteiger partial charge in [0.05, 0.1) is 25.5 Å². The first kappa shape index (κ1) is 19.3. The summed E-state index contributed by atoms with van der Waals surface area (Å²) in [5.41, 5.74) is -0.237. The first-order valence-corrected chi connectivity index (χ1v) is 8.16. The molecule has 0 radical (unpaired) electrons. The van der Waals surface area contributed by atoms with Gasteiger partial charge in [0.25, 0.3) is 0 Å². The lowest BCUT2D eigenvalue weighted by Gasteiger charge is -2.14. The number of aromatic nitrogens is 2. The first-order chi connectivity index (χ1) is 13.4. The number of hydrogen-bond donors (Lipinski definition) is 2. The number of anilines is 4. The van der Waals surface area contributed by atoms with Gasteiger partial charge in [-0.2, -0.15) is 18.2 Å². The van der Waals surface area contributed by atoms with Gasteiger partial charge in [-0.3, -0.25) is 0 Å². The number of ether oxygens (including phenoxy) is 2. The van der Waals surface area contributed by atoms with Crippen molar-refractivity contribution in [3.05, 3.63) is 60.3 Å². The molecular weight excluding hydrogens is 373 g/mol. The summed E-state index contributed by atoms with van der Waals surface area (Å²) in [4.78, 5) is 8.30. The van der Waals surface area contributed by atoms with E-state index in [0.29, 0.717) is 17.2 Å². The first-order valence-electron chi connectivity index (χ1n) is 8.16. The van der Waals surface area contributed by atoms with Crippen LogP contribution in [-0.2, 0) is 6.18 Å². The molecular formula is C19H17F3N4O2. The molecule has 0 atom stereocenters. The van der Waals surface area contributed by atoms with Gasteiger partial charge in [-0.05, 0) is 30.3 Å². The van der Waals surface area contributed by atoms with E-state index < -0.39 is 11.7 Å². The van der Waals surface area contributed by atoms with Crippen molar-refractivity contribution >= 4 is 23.1 Å². The van der Waals surface area contributed by atoms with Crippen molar-refractivity contribution in [3.8, 4) is 11.5 Å². The summed E-state index contributed by atoms with van der Waals surface area (Å²) in [5, 5.41) is 5.67. The maximum absolute atomic E-state index is 13.1. The van der Waals surface area contributed by atoms with E-state index in [9.17, 15) is 13.2 Å². The van der Waals surface area contributed by atoms with Crippen molar-refractivity contribution < 1.29 is 22.6 Å². The van der Waals surface area contributed by atoms with E-state index >= 15 is 0 Å². The van der Waals surface area contributed by atoms with Gasteiger partial charge in [-0.15, -0.1) is 0 Å². The van der Waals surface area contributed by atoms with Crippen molar-refractivity contribution in [2.75, 3.05) is 24.9 Å². The molecule has 0 aliphatic rings. The van der Waals surface area contributed by atoms with Gasteiger partial charge in [0.1, 0.15) is 5.82 Å². The Labute approximate surface area is 159 Å². The normalized spacial score (nSPS) is 11.0. The SMILES string of the molecule is COc1ccc(Nc2nccc(Nc3ccccc3C(F)(F)F)n2)cc1OC. The topological polar surface area (TPSA) is 68.3 Å². The van der Waals surface area contributed by atoms with Crippen molar-refractivity contribution in [2.45, 2.75) is 6.18 Å². The molecule has 0 amide bonds. The molecule has 0 spiro atoms. The highest BCUT2D eigenvalue weighted by Crippen LogP contribution is 2.36. The fraction of sp³-hybridized carbons (Fsp3) is 0.158. The van der Waals surface area contributed by atoms with E-state index in [2.05, 4.69) is 20.6 Å². The molecule has 3 rings (SSSR count). The van der Waals surface area contributed by atoms with E-state index in [4.69, 9.17) is 9.47 Å². The Bertz CT molecular complexity index is 964. The third kappa shape index (κ3) is 4.43. The Morgan fingerprint density at radius 2 is 1.64 bits per heavy atom. The molecule has 9 heteroatoms. The van der Waals surface area contributed by atoms with E-state index in [1.165, 1.54) is 44.7 Å². The quantitative estimate of drug-likeness (QED) is 0.617. The molecule has 1 aromatic heterocycles. The third-order valence-corrected chi connectivity index (χ3v) is 3.79. The van der Waals surface area contributed by atoms with Crippen molar-refractivity contribution in [3.63, 3.8) is 0 Å². The number of hydrogen-bond acceptors (Lipinski definition) is 6. The summed E-state index contributed by atoms with van der Waals surface area (Å²) in [6.07, 6.45) is -3.04. The van der Waals surface area contributed by atoms with Crippen molar-refractivity contribution in [1.82, 2.24) is 9.97 Å². The standard InChI is InChI=1S/C19H17F3N4O2/c1-27-15-8-7-12(11-16(15)28-2)24-18-23-10-9-17(26-18)25-14-6-4-3-5-13(14)19(20,21)22/h3-11H,1-2H3,(H2,23,24,25,26). The molecule has 28 heavy (non-hydrogen) atoms. The van der Waals surface area contributed by atoms with Crippen molar-refractivity contribution in [1.29, 1.82) is 0 Å². The summed E-state index contributed by atoms with van der Waals surface area (Å²) >= 11 is 0. The molecule has 2 N–H and O–H groups in total. The zero-order chi connectivity index (χ0) is 20.1. The number of alkyl halides is 3. The molecule has 3 aromatic rings. The second kappa shape index (κ2) is 8.03. The van der Waals surface area contributed by atoms with Gasteiger partial charge in [0, 0.05) is 18.0 Å². The molecule has 2 aromatic carbocycles. The highest BCUT2D eigenvalue weighted by molar-refractivity contribution is 5.64. The molecule has 0 aliphatic heterocycles. The summed E-state index contributed by atoms with van der Waals surface area (Å²) < 4.78 is 49.8. The predicted octanol–water partition coefficient (Wildman–Crippen LogP) is 5.00. The zero-order valence-electron chi connectivity index (χ0n) is 15.0. The second-order valence-corrected chi connectivity index (χ2v) is 5.63. The molecule has 0 fully saturated rings. The Balaban J connectivity index is 1.82. The van der Waals surface area contributed by atoms with Gasteiger partial charge in [-0.25, -0.2) is 4.98 Å². The van der Waals surface area contributed by atoms with Crippen LogP contribution in [0.4, 0.5) is 36.3 Å². The van der Waals surface area contributed by atoms with Crippen LogP contribution in [0.15, 0.2) is 54.7 Å². The van der Waals surface area contributed by atoms with Crippen LogP contribution in [0, 0.1) is 0 Å². The zero-order valence-corrected chi connectivity index (χ0v) is 15.0. The highest BCUT2D eigenvalue weighted by atomic mass is 19.4. The highest BCUT2D eigenvalue weighted by Gasteiger charge is 2.33. The lowest BCUT2D eigenvalue weighted by atomic mass is 10.1. The molecule has 1 heterocycles. The van der Waals surface area contributed by atoms with Crippen LogP contribution < -0.4 is 20.1 Å². The van der Waals surface area contributed by atoms with Gasteiger partial charge in [0.2, 0.25) is 5.95 Å². The van der Waals surface area contributed by atoms with Crippen molar-refractivity contribution in [2.24, 2.45) is 0 Å². The summed E-state index contributed by atoms with van der Waals surface area (Å²) in [6, 6.07) is 11.8. The van der Waals surface area contributed by atoms with E-state index in [-0.39, 0.29) is 17.5 Å². The van der Waals surface area contributed by atoms with Gasteiger partial charge in [-0.1, -0.05) is 12.1 Å². The Kier molecular flexibility index (Phi) is 5.53. The smallest absolute Gasteiger partial charge is 0.418 e. The molecule has 0 unspecified atom stereocenters. The Morgan fingerprint density at radius 3 is 2.36 bits per heavy atom. The lowest BCUT2D eigenvalue weighted by Crippen LogP contribution is -2.09. The molecule has 0 bridgehead atoms. The van der Waals surface area contributed by atoms with Crippen LogP contribution in [0.2, 0.25) is 0 Å². The fourth-order valence-corrected chi connectivity index (χ4v) is 2.51. The number of rotatable bonds is 6. The number of halogens is 3. The van der Waals surface area contributed by atoms with Crippen LogP contribution in [0.1, 0.15) is 5.56 Å². The minimum Gasteiger partial charge on any atom is -0.493 e. The molecule has 0 saturated heterocycles. The minimum atomic E-state index is -4.47. The fourth-order valence-electron chi connectivity index (χ4n) is 2.51. The molecule has 146 valence electrons. The van der Waals surface area contributed by atoms with E-state index in [1.807, 2.05) is 0 Å². The van der Waals surface area contributed by atoms with Crippen LogP contribution in [-0.4, -0.2) is 24.2 Å². The summed E-state index contributed by atoms with van der Waals surface area (Å²) in [7, 11) is 3.04. The number of methoxy groups -OCH3 is 2. The van der Waals surface area contributed by atoms with Crippen LogP contribution in [0.25, 0.3) is 0 Å². The van der Waals surface area contributed by atoms with Crippen LogP contribution in [0.5, 0.6) is 11.5 Å². The molecule has 0 saturated carbocycles. The van der Waals surface area contributed by atoms with Crippen LogP contribution >= 0.6 is 0 Å². The van der Waals surface area contributed by atoms with Gasteiger partial charge < -0.3 is 20.1 Å². The van der Waals surface area contributed by atoms with Gasteiger partial charge in [0.15, 0.2) is 11.5 Å². The van der Waals surface area contributed by atoms with Gasteiger partial charge >= 0.3 is 6.18 Å². The maximum atomic E-state index is 13.1. The van der Waals surface area contributed by atoms with E-state index in [1.54, 1.807) is 18.2 Å². The number of nitrogens with zero attached hydrogens (tertiary/aromatic N) is 2. The average molecular weight is 390 g/mol. The largest absolute Gasteiger partial charge is 0.493 e. The van der Waals surface area contributed by atoms with Crippen LogP contribution in [0.3, 0.4) is 0 Å². The molecule has 0 aliphatic carbocycles. The summed E-state index contributed by atoms with van der Waals surface area (Å²) in [5.74, 6) is 1.51. The Hall–Kier alpha value is -3.49. The average Bonchev–Trinajstić information content (AvgIpc) is 2.68. The third-order valence-electron chi connectivity index (χ3n) is 3.79. The number of nitrogens with one attached hydrogen (secondary N) is 2. The second-order valence-electron chi connectivity index (χ2n) is 5.63. The van der Waals surface area contributed by atoms with E-state index in [0.717, 1.165) is 6.07 Å². The number of para-hydroxylation sites is 1. The Morgan fingerprint density at radius 1 is 0.893 bits per heavy atom.